The largest absolute Gasteiger partial charge is 0.459 e. The third-order valence-electron chi connectivity index (χ3n) is 4.59. The third-order valence-corrected chi connectivity index (χ3v) is 4.59. The molecule has 2 aromatic rings. The number of aromatic amines is 1. The normalized spacial score (nSPS) is 22.4. The molecule has 0 radical (unpaired) electrons. The lowest BCUT2D eigenvalue weighted by Gasteiger charge is -2.21. The van der Waals surface area contributed by atoms with Gasteiger partial charge in [0.25, 0.3) is 5.56 Å². The van der Waals surface area contributed by atoms with Crippen LogP contribution in [0.25, 0.3) is 10.4 Å². The smallest absolute Gasteiger partial charge is 0.338 e. The molecule has 0 amide bonds. The van der Waals surface area contributed by atoms with E-state index in [0.29, 0.717) is 5.56 Å². The molecule has 0 spiro atoms. The minimum absolute atomic E-state index is 0.314. The van der Waals surface area contributed by atoms with Crippen LogP contribution in [0.4, 0.5) is 0 Å². The predicted octanol–water partition coefficient (Wildman–Crippen LogP) is 1.21. The number of benzene rings is 1. The predicted molar refractivity (Wildman–Crippen MR) is 105 cm³/mol. The highest BCUT2D eigenvalue weighted by Gasteiger charge is 2.48. The minimum atomic E-state index is -1.22. The van der Waals surface area contributed by atoms with E-state index in [1.165, 1.54) is 0 Å². The van der Waals surface area contributed by atoms with Crippen LogP contribution in [0, 0.1) is 6.92 Å². The molecule has 0 bridgehead atoms. The van der Waals surface area contributed by atoms with Gasteiger partial charge in [0.1, 0.15) is 18.8 Å². The van der Waals surface area contributed by atoms with E-state index in [2.05, 4.69) is 15.0 Å². The van der Waals surface area contributed by atoms with Crippen LogP contribution in [0.5, 0.6) is 0 Å². The number of hydrogen-bond donors (Lipinski definition) is 1. The highest BCUT2D eigenvalue weighted by atomic mass is 16.6. The number of ether oxygens (including phenoxy) is 3. The number of H-pyrrole nitrogens is 1. The second-order valence-electron chi connectivity index (χ2n) is 6.82. The van der Waals surface area contributed by atoms with Crippen molar-refractivity contribution in [1.29, 1.82) is 0 Å². The number of esters is 2. The van der Waals surface area contributed by atoms with Crippen LogP contribution in [0.1, 0.15) is 29.1 Å². The van der Waals surface area contributed by atoms with E-state index >= 15 is 0 Å². The maximum atomic E-state index is 12.3. The summed E-state index contributed by atoms with van der Waals surface area (Å²) >= 11 is 0. The van der Waals surface area contributed by atoms with Crippen LogP contribution >= 0.6 is 0 Å². The number of rotatable bonds is 6. The van der Waals surface area contributed by atoms with Crippen molar-refractivity contribution in [2.45, 2.75) is 38.3 Å². The summed E-state index contributed by atoms with van der Waals surface area (Å²) in [5.41, 5.74) is 8.81. The topological polar surface area (TPSA) is 165 Å². The average molecular weight is 429 g/mol. The van der Waals surface area contributed by atoms with E-state index < -0.39 is 47.7 Å². The van der Waals surface area contributed by atoms with Gasteiger partial charge in [-0.2, -0.15) is 0 Å². The molecule has 2 heterocycles. The van der Waals surface area contributed by atoms with Gasteiger partial charge in [0, 0.05) is 24.1 Å². The first-order chi connectivity index (χ1) is 14.8. The Morgan fingerprint density at radius 1 is 1.26 bits per heavy atom. The van der Waals surface area contributed by atoms with Crippen LogP contribution in [0.3, 0.4) is 0 Å². The SMILES string of the molecule is CC(=O)O[C@H]1C(N=[N+]=[N-])[C@@H](COC(=O)c2ccc(C)cc2)O[C@H]1n1ccc(=O)[nH]c1=O. The van der Waals surface area contributed by atoms with Crippen molar-refractivity contribution < 1.29 is 23.8 Å². The Kier molecular flexibility index (Phi) is 6.53. The van der Waals surface area contributed by atoms with Gasteiger partial charge in [-0.1, -0.05) is 22.8 Å². The summed E-state index contributed by atoms with van der Waals surface area (Å²) in [4.78, 5) is 52.3. The van der Waals surface area contributed by atoms with Crippen molar-refractivity contribution in [2.24, 2.45) is 5.11 Å². The Morgan fingerprint density at radius 2 is 1.97 bits per heavy atom. The second-order valence-corrected chi connectivity index (χ2v) is 6.82. The van der Waals surface area contributed by atoms with Gasteiger partial charge < -0.3 is 14.2 Å². The van der Waals surface area contributed by atoms with Gasteiger partial charge in [0.05, 0.1) is 5.56 Å². The minimum Gasteiger partial charge on any atom is -0.459 e. The van der Waals surface area contributed by atoms with Crippen molar-refractivity contribution in [2.75, 3.05) is 6.61 Å². The zero-order valence-corrected chi connectivity index (χ0v) is 16.6. The highest BCUT2D eigenvalue weighted by Crippen LogP contribution is 2.33. The summed E-state index contributed by atoms with van der Waals surface area (Å²) in [6, 6.07) is 6.69. The fourth-order valence-corrected chi connectivity index (χ4v) is 3.16. The Morgan fingerprint density at radius 3 is 2.58 bits per heavy atom. The molecule has 1 N–H and O–H groups in total. The number of nitrogens with zero attached hydrogens (tertiary/aromatic N) is 4. The summed E-state index contributed by atoms with van der Waals surface area (Å²) in [6.45, 7) is 2.69. The lowest BCUT2D eigenvalue weighted by Crippen LogP contribution is -2.39. The van der Waals surface area contributed by atoms with E-state index in [1.54, 1.807) is 24.3 Å². The number of aromatic nitrogens is 2. The first kappa shape index (κ1) is 21.8. The maximum absolute atomic E-state index is 12.3. The van der Waals surface area contributed by atoms with Crippen molar-refractivity contribution in [1.82, 2.24) is 9.55 Å². The van der Waals surface area contributed by atoms with Crippen molar-refractivity contribution >= 4 is 11.9 Å². The molecule has 0 saturated carbocycles. The van der Waals surface area contributed by atoms with E-state index in [-0.39, 0.29) is 6.61 Å². The van der Waals surface area contributed by atoms with Crippen LogP contribution in [0.15, 0.2) is 51.2 Å². The Bertz CT molecular complexity index is 1130. The molecule has 1 saturated heterocycles. The monoisotopic (exact) mass is 429 g/mol. The van der Waals surface area contributed by atoms with E-state index in [9.17, 15) is 19.2 Å². The zero-order chi connectivity index (χ0) is 22.5. The molecule has 162 valence electrons. The number of hydrogen-bond acceptors (Lipinski definition) is 8. The molecule has 1 fully saturated rings. The van der Waals surface area contributed by atoms with E-state index in [4.69, 9.17) is 19.7 Å². The first-order valence-corrected chi connectivity index (χ1v) is 9.22. The van der Waals surface area contributed by atoms with Gasteiger partial charge in [-0.3, -0.25) is 19.1 Å². The van der Waals surface area contributed by atoms with Gasteiger partial charge >= 0.3 is 17.6 Å². The fourth-order valence-electron chi connectivity index (χ4n) is 3.16. The molecule has 12 nitrogen and oxygen atoms in total. The molecule has 1 aliphatic rings. The van der Waals surface area contributed by atoms with E-state index in [0.717, 1.165) is 29.3 Å². The second kappa shape index (κ2) is 9.28. The van der Waals surface area contributed by atoms with E-state index in [1.807, 2.05) is 6.92 Å². The molecular formula is C19H19N5O7. The molecule has 3 rings (SSSR count). The third kappa shape index (κ3) is 5.00. The molecule has 12 heteroatoms. The molecule has 1 aromatic heterocycles. The van der Waals surface area contributed by atoms with Gasteiger partial charge in [0.2, 0.25) is 0 Å². The number of carbonyl (C=O) groups is 2. The molecule has 0 aliphatic carbocycles. The molecule has 31 heavy (non-hydrogen) atoms. The Balaban J connectivity index is 1.86. The van der Waals surface area contributed by atoms with Crippen LogP contribution in [-0.2, 0) is 19.0 Å². The zero-order valence-electron chi connectivity index (χ0n) is 16.6. The molecule has 4 atom stereocenters. The Hall–Kier alpha value is -3.89. The lowest BCUT2D eigenvalue weighted by atomic mass is 10.1. The maximum Gasteiger partial charge on any atom is 0.338 e. The van der Waals surface area contributed by atoms with Crippen LogP contribution in [0.2, 0.25) is 0 Å². The fraction of sp³-hybridized carbons (Fsp3) is 0.368. The van der Waals surface area contributed by atoms with Crippen LogP contribution in [-0.4, -0.2) is 46.3 Å². The summed E-state index contributed by atoms with van der Waals surface area (Å²) in [7, 11) is 0. The molecule has 1 aromatic carbocycles. The van der Waals surface area contributed by atoms with Gasteiger partial charge in [0.15, 0.2) is 12.3 Å². The standard InChI is InChI=1S/C19H19N5O7/c1-10-3-5-12(6-4-10)18(27)29-9-13-15(22-23-20)16(30-11(2)25)17(31-13)24-8-7-14(26)21-19(24)28/h3-8,13,15-17H,9H2,1-2H3,(H,21,26,28)/t13-,15?,16+,17-/m1/s1. The lowest BCUT2D eigenvalue weighted by molar-refractivity contribution is -0.153. The molecule has 1 unspecified atom stereocenters. The van der Waals surface area contributed by atoms with Gasteiger partial charge in [-0.15, -0.1) is 0 Å². The summed E-state index contributed by atoms with van der Waals surface area (Å²) < 4.78 is 17.3. The number of aryl methyl sites for hydroxylation is 1. The molecule has 1 aliphatic heterocycles. The average Bonchev–Trinajstić information content (AvgIpc) is 3.03. The molecular weight excluding hydrogens is 410 g/mol. The van der Waals surface area contributed by atoms with Crippen molar-refractivity contribution in [3.8, 4) is 0 Å². The summed E-state index contributed by atoms with van der Waals surface area (Å²) in [6.07, 6.45) is -2.26. The number of azide groups is 1. The number of nitrogens with one attached hydrogen (secondary N) is 1. The van der Waals surface area contributed by atoms with Gasteiger partial charge in [-0.25, -0.2) is 9.59 Å². The Labute approximate surface area is 175 Å². The van der Waals surface area contributed by atoms with Gasteiger partial charge in [-0.05, 0) is 24.6 Å². The summed E-state index contributed by atoms with van der Waals surface area (Å²) in [5, 5.41) is 3.62. The quantitative estimate of drug-likeness (QED) is 0.312. The first-order valence-electron chi connectivity index (χ1n) is 9.22. The van der Waals surface area contributed by atoms with Crippen molar-refractivity contribution in [3.05, 3.63) is 78.9 Å². The highest BCUT2D eigenvalue weighted by molar-refractivity contribution is 5.89. The number of carbonyl (C=O) groups excluding carboxylic acids is 2. The van der Waals surface area contributed by atoms with Crippen molar-refractivity contribution in [3.63, 3.8) is 0 Å². The summed E-state index contributed by atoms with van der Waals surface area (Å²) in [5.74, 6) is -1.33. The van der Waals surface area contributed by atoms with Crippen LogP contribution < -0.4 is 11.2 Å².